The van der Waals surface area contributed by atoms with Crippen molar-refractivity contribution in [3.8, 4) is 0 Å². The number of hydrogen-bond donors (Lipinski definition) is 1. The first-order chi connectivity index (χ1) is 12.2. The average Bonchev–Trinajstić information content (AvgIpc) is 2.93. The van der Waals surface area contributed by atoms with Crippen LogP contribution in [-0.2, 0) is 20.8 Å². The Morgan fingerprint density at radius 2 is 2.04 bits per heavy atom. The largest absolute Gasteiger partial charge is 0.383 e. The van der Waals surface area contributed by atoms with Crippen LogP contribution in [0, 0.1) is 6.92 Å². The van der Waals surface area contributed by atoms with Crippen LogP contribution in [0.4, 0.5) is 5.69 Å². The summed E-state index contributed by atoms with van der Waals surface area (Å²) in [5.74, 6) is 0.0568. The summed E-state index contributed by atoms with van der Waals surface area (Å²) in [4.78, 5) is 14.5. The Morgan fingerprint density at radius 1 is 1.24 bits per heavy atom. The third-order valence-corrected chi connectivity index (χ3v) is 4.67. The molecule has 0 aliphatic carbocycles. The summed E-state index contributed by atoms with van der Waals surface area (Å²) in [6.07, 6.45) is 0.506. The van der Waals surface area contributed by atoms with Crippen LogP contribution in [0.15, 0.2) is 24.3 Å². The maximum Gasteiger partial charge on any atom is 0.225 e. The zero-order valence-electron chi connectivity index (χ0n) is 15.1. The highest BCUT2D eigenvalue weighted by Gasteiger charge is 2.12. The Labute approximate surface area is 148 Å². The molecule has 1 amide bonds. The number of fused-ring (bicyclic) bond motifs is 1. The molecule has 1 N–H and O–H groups in total. The molecule has 6 nitrogen and oxygen atoms in total. The summed E-state index contributed by atoms with van der Waals surface area (Å²) < 4.78 is 12.7. The number of ether oxygens (including phenoxy) is 2. The average molecular weight is 345 g/mol. The zero-order chi connectivity index (χ0) is 17.6. The van der Waals surface area contributed by atoms with Gasteiger partial charge in [0.25, 0.3) is 0 Å². The highest BCUT2D eigenvalue weighted by Crippen LogP contribution is 2.23. The Morgan fingerprint density at radius 3 is 2.80 bits per heavy atom. The van der Waals surface area contributed by atoms with Crippen molar-refractivity contribution in [1.29, 1.82) is 0 Å². The molecule has 1 aliphatic heterocycles. The summed E-state index contributed by atoms with van der Waals surface area (Å²) in [5, 5.41) is 4.15. The molecule has 0 unspecified atom stereocenters. The summed E-state index contributed by atoms with van der Waals surface area (Å²) >= 11 is 0. The highest BCUT2D eigenvalue weighted by atomic mass is 16.5. The molecule has 0 bridgehead atoms. The molecule has 136 valence electrons. The quantitative estimate of drug-likeness (QED) is 0.836. The van der Waals surface area contributed by atoms with Gasteiger partial charge in [0.15, 0.2) is 0 Å². The van der Waals surface area contributed by atoms with E-state index in [2.05, 4.69) is 33.8 Å². The van der Waals surface area contributed by atoms with E-state index < -0.39 is 0 Å². The van der Waals surface area contributed by atoms with Gasteiger partial charge in [-0.1, -0.05) is 0 Å². The normalized spacial score (nSPS) is 15.6. The van der Waals surface area contributed by atoms with Crippen LogP contribution < -0.4 is 5.32 Å². The SMILES string of the molecule is COCCn1c(C)cc2cc(NC(=O)CCN3CCOCC3)ccc21. The van der Waals surface area contributed by atoms with E-state index in [-0.39, 0.29) is 5.91 Å². The van der Waals surface area contributed by atoms with E-state index in [0.717, 1.165) is 50.5 Å². The van der Waals surface area contributed by atoms with Gasteiger partial charge in [-0.2, -0.15) is 0 Å². The van der Waals surface area contributed by atoms with Crippen LogP contribution in [-0.4, -0.2) is 61.9 Å². The second kappa shape index (κ2) is 8.47. The van der Waals surface area contributed by atoms with Gasteiger partial charge < -0.3 is 19.4 Å². The summed E-state index contributed by atoms with van der Waals surface area (Å²) in [7, 11) is 1.71. The minimum Gasteiger partial charge on any atom is -0.383 e. The number of carbonyl (C=O) groups is 1. The Kier molecular flexibility index (Phi) is 6.07. The van der Waals surface area contributed by atoms with E-state index in [0.29, 0.717) is 13.0 Å². The van der Waals surface area contributed by atoms with Crippen molar-refractivity contribution in [1.82, 2.24) is 9.47 Å². The molecule has 2 aromatic rings. The molecule has 3 rings (SSSR count). The van der Waals surface area contributed by atoms with Crippen molar-refractivity contribution in [3.63, 3.8) is 0 Å². The molecule has 2 heterocycles. The van der Waals surface area contributed by atoms with Gasteiger partial charge in [-0.05, 0) is 31.2 Å². The number of hydrogen-bond acceptors (Lipinski definition) is 4. The zero-order valence-corrected chi connectivity index (χ0v) is 15.1. The number of nitrogens with zero attached hydrogens (tertiary/aromatic N) is 2. The van der Waals surface area contributed by atoms with Gasteiger partial charge in [0.2, 0.25) is 5.91 Å². The molecular formula is C19H27N3O3. The second-order valence-electron chi connectivity index (χ2n) is 6.46. The first-order valence-corrected chi connectivity index (χ1v) is 8.86. The number of benzene rings is 1. The van der Waals surface area contributed by atoms with Gasteiger partial charge in [-0.15, -0.1) is 0 Å². The Hall–Kier alpha value is -1.89. The van der Waals surface area contributed by atoms with E-state index in [1.807, 2.05) is 12.1 Å². The van der Waals surface area contributed by atoms with Crippen LogP contribution >= 0.6 is 0 Å². The fourth-order valence-electron chi connectivity index (χ4n) is 3.27. The highest BCUT2D eigenvalue weighted by molar-refractivity contribution is 5.94. The Bertz CT molecular complexity index is 720. The number of nitrogens with one attached hydrogen (secondary N) is 1. The first kappa shape index (κ1) is 17.9. The van der Waals surface area contributed by atoms with Gasteiger partial charge >= 0.3 is 0 Å². The van der Waals surface area contributed by atoms with Gasteiger partial charge in [0, 0.05) is 62.0 Å². The smallest absolute Gasteiger partial charge is 0.225 e. The number of aromatic nitrogens is 1. The summed E-state index contributed by atoms with van der Waals surface area (Å²) in [6.45, 7) is 7.73. The monoisotopic (exact) mass is 345 g/mol. The van der Waals surface area contributed by atoms with Gasteiger partial charge in [0.1, 0.15) is 0 Å². The van der Waals surface area contributed by atoms with Crippen LogP contribution in [0.2, 0.25) is 0 Å². The van der Waals surface area contributed by atoms with Gasteiger partial charge in [-0.3, -0.25) is 9.69 Å². The molecule has 1 aromatic carbocycles. The maximum absolute atomic E-state index is 12.2. The van der Waals surface area contributed by atoms with Gasteiger partial charge in [0.05, 0.1) is 19.8 Å². The molecule has 0 spiro atoms. The van der Waals surface area contributed by atoms with E-state index in [9.17, 15) is 4.79 Å². The minimum atomic E-state index is 0.0568. The lowest BCUT2D eigenvalue weighted by atomic mass is 10.2. The predicted molar refractivity (Wildman–Crippen MR) is 99.1 cm³/mol. The number of amides is 1. The molecule has 1 aliphatic rings. The maximum atomic E-state index is 12.2. The van der Waals surface area contributed by atoms with Crippen molar-refractivity contribution in [2.24, 2.45) is 0 Å². The standard InChI is InChI=1S/C19H27N3O3/c1-15-13-16-14-17(3-4-18(16)22(15)9-10-24-2)20-19(23)5-6-21-7-11-25-12-8-21/h3-4,13-14H,5-12H2,1-2H3,(H,20,23). The van der Waals surface area contributed by atoms with Crippen molar-refractivity contribution < 1.29 is 14.3 Å². The van der Waals surface area contributed by atoms with E-state index in [4.69, 9.17) is 9.47 Å². The number of aryl methyl sites for hydroxylation is 1. The molecule has 1 saturated heterocycles. The fraction of sp³-hybridized carbons (Fsp3) is 0.526. The number of morpholine rings is 1. The predicted octanol–water partition coefficient (Wildman–Crippen LogP) is 2.26. The lowest BCUT2D eigenvalue weighted by molar-refractivity contribution is -0.116. The van der Waals surface area contributed by atoms with Crippen LogP contribution in [0.1, 0.15) is 12.1 Å². The fourth-order valence-corrected chi connectivity index (χ4v) is 3.27. The lowest BCUT2D eigenvalue weighted by Gasteiger charge is -2.26. The summed E-state index contributed by atoms with van der Waals surface area (Å²) in [5.41, 5.74) is 3.21. The lowest BCUT2D eigenvalue weighted by Crippen LogP contribution is -2.38. The topological polar surface area (TPSA) is 55.7 Å². The Balaban J connectivity index is 1.60. The molecule has 6 heteroatoms. The summed E-state index contributed by atoms with van der Waals surface area (Å²) in [6, 6.07) is 8.22. The van der Waals surface area contributed by atoms with Crippen LogP contribution in [0.3, 0.4) is 0 Å². The number of methoxy groups -OCH3 is 1. The van der Waals surface area contributed by atoms with Crippen molar-refractivity contribution in [2.45, 2.75) is 19.9 Å². The van der Waals surface area contributed by atoms with Crippen molar-refractivity contribution in [2.75, 3.05) is 51.9 Å². The third-order valence-electron chi connectivity index (χ3n) is 4.67. The molecule has 0 saturated carbocycles. The molecule has 0 atom stereocenters. The molecule has 0 radical (unpaired) electrons. The van der Waals surface area contributed by atoms with E-state index >= 15 is 0 Å². The molecule has 1 fully saturated rings. The minimum absolute atomic E-state index is 0.0568. The van der Waals surface area contributed by atoms with Crippen LogP contribution in [0.5, 0.6) is 0 Å². The van der Waals surface area contributed by atoms with E-state index in [1.165, 1.54) is 11.2 Å². The van der Waals surface area contributed by atoms with Gasteiger partial charge in [-0.25, -0.2) is 0 Å². The second-order valence-corrected chi connectivity index (χ2v) is 6.46. The molecular weight excluding hydrogens is 318 g/mol. The number of rotatable bonds is 7. The van der Waals surface area contributed by atoms with Crippen molar-refractivity contribution in [3.05, 3.63) is 30.0 Å². The number of anilines is 1. The molecule has 1 aromatic heterocycles. The van der Waals surface area contributed by atoms with Crippen molar-refractivity contribution >= 4 is 22.5 Å². The first-order valence-electron chi connectivity index (χ1n) is 8.86. The number of carbonyl (C=O) groups excluding carboxylic acids is 1. The van der Waals surface area contributed by atoms with E-state index in [1.54, 1.807) is 7.11 Å². The third kappa shape index (κ3) is 4.60. The molecule has 25 heavy (non-hydrogen) atoms. The van der Waals surface area contributed by atoms with Crippen LogP contribution in [0.25, 0.3) is 10.9 Å².